The Kier molecular flexibility index (Phi) is 3.16. The third kappa shape index (κ3) is 1.86. The van der Waals surface area contributed by atoms with Gasteiger partial charge in [-0.2, -0.15) is 0 Å². The Morgan fingerprint density at radius 1 is 1.11 bits per heavy atom. The topological polar surface area (TPSA) is 17.1 Å². The third-order valence-electron chi connectivity index (χ3n) is 5.56. The van der Waals surface area contributed by atoms with E-state index in [1.165, 1.54) is 16.7 Å². The van der Waals surface area contributed by atoms with Crippen LogP contribution in [0.2, 0.25) is 0 Å². The molecule has 104 valence electrons. The summed E-state index contributed by atoms with van der Waals surface area (Å²) in [6.45, 7) is 15.4. The van der Waals surface area contributed by atoms with Crippen LogP contribution in [0.15, 0.2) is 12.1 Å². The highest BCUT2D eigenvalue weighted by molar-refractivity contribution is 5.96. The van der Waals surface area contributed by atoms with Gasteiger partial charge in [-0.3, -0.25) is 4.79 Å². The average Bonchev–Trinajstić information content (AvgIpc) is 2.47. The number of aryl methyl sites for hydroxylation is 1. The minimum atomic E-state index is 0.134. The number of carbonyl (C=O) groups is 1. The van der Waals surface area contributed by atoms with Gasteiger partial charge < -0.3 is 0 Å². The van der Waals surface area contributed by atoms with E-state index in [0.717, 1.165) is 12.0 Å². The van der Waals surface area contributed by atoms with Crippen molar-refractivity contribution in [2.45, 2.75) is 65.7 Å². The first kappa shape index (κ1) is 14.3. The van der Waals surface area contributed by atoms with Crippen LogP contribution in [-0.4, -0.2) is 5.78 Å². The first-order valence-corrected chi connectivity index (χ1v) is 7.32. The summed E-state index contributed by atoms with van der Waals surface area (Å²) < 4.78 is 0. The lowest BCUT2D eigenvalue weighted by atomic mass is 9.71. The van der Waals surface area contributed by atoms with Crippen molar-refractivity contribution < 1.29 is 4.79 Å². The molecule has 0 radical (unpaired) electrons. The molecule has 1 aromatic rings. The van der Waals surface area contributed by atoms with E-state index >= 15 is 0 Å². The van der Waals surface area contributed by atoms with Gasteiger partial charge in [-0.15, -0.1) is 0 Å². The van der Waals surface area contributed by atoms with Gasteiger partial charge in [-0.1, -0.05) is 47.6 Å². The minimum Gasteiger partial charge on any atom is -0.295 e. The van der Waals surface area contributed by atoms with Crippen LogP contribution < -0.4 is 0 Å². The summed E-state index contributed by atoms with van der Waals surface area (Å²) in [5.74, 6) is 0.759. The summed E-state index contributed by atoms with van der Waals surface area (Å²) >= 11 is 0. The molecule has 1 nitrogen and oxygen atoms in total. The van der Waals surface area contributed by atoms with E-state index in [1.54, 1.807) is 6.92 Å². The fraction of sp³-hybridized carbons (Fsp3) is 0.611. The van der Waals surface area contributed by atoms with Crippen LogP contribution in [-0.2, 0) is 17.3 Å². The van der Waals surface area contributed by atoms with Gasteiger partial charge in [-0.05, 0) is 52.8 Å². The first-order chi connectivity index (χ1) is 8.64. The lowest BCUT2D eigenvalue weighted by molar-refractivity contribution is 0.101. The maximum Gasteiger partial charge on any atom is 0.160 e. The van der Waals surface area contributed by atoms with Gasteiger partial charge in [0.15, 0.2) is 5.78 Å². The molecule has 0 fully saturated rings. The Morgan fingerprint density at radius 3 is 2.00 bits per heavy atom. The van der Waals surface area contributed by atoms with Gasteiger partial charge in [0.25, 0.3) is 0 Å². The SMILES string of the molecule is CCc1cc2c(cc1C(C)=O)C(C)(C)[C@@H](C)C2(C)C. The fourth-order valence-corrected chi connectivity index (χ4v) is 3.70. The molecule has 0 bridgehead atoms. The smallest absolute Gasteiger partial charge is 0.160 e. The molecular formula is C18H26O. The van der Waals surface area contributed by atoms with E-state index < -0.39 is 0 Å². The zero-order valence-electron chi connectivity index (χ0n) is 13.3. The highest BCUT2D eigenvalue weighted by atomic mass is 16.1. The maximum absolute atomic E-state index is 11.9. The van der Waals surface area contributed by atoms with Crippen molar-refractivity contribution in [2.75, 3.05) is 0 Å². The molecule has 2 rings (SSSR count). The summed E-state index contributed by atoms with van der Waals surface area (Å²) in [5, 5.41) is 0. The molecule has 0 saturated heterocycles. The molecule has 1 atom stereocenters. The Balaban J connectivity index is 2.77. The summed E-state index contributed by atoms with van der Waals surface area (Å²) in [4.78, 5) is 11.9. The van der Waals surface area contributed by atoms with Crippen LogP contribution in [0.4, 0.5) is 0 Å². The first-order valence-electron chi connectivity index (χ1n) is 7.32. The van der Waals surface area contributed by atoms with Crippen LogP contribution >= 0.6 is 0 Å². The van der Waals surface area contributed by atoms with Crippen molar-refractivity contribution in [3.63, 3.8) is 0 Å². The van der Waals surface area contributed by atoms with E-state index in [0.29, 0.717) is 5.92 Å². The molecule has 19 heavy (non-hydrogen) atoms. The van der Waals surface area contributed by atoms with Gasteiger partial charge >= 0.3 is 0 Å². The van der Waals surface area contributed by atoms with Crippen molar-refractivity contribution in [3.8, 4) is 0 Å². The molecule has 0 amide bonds. The lowest BCUT2D eigenvalue weighted by Gasteiger charge is -2.32. The van der Waals surface area contributed by atoms with Crippen LogP contribution in [0.3, 0.4) is 0 Å². The molecule has 1 heteroatoms. The fourth-order valence-electron chi connectivity index (χ4n) is 3.70. The van der Waals surface area contributed by atoms with Crippen molar-refractivity contribution in [1.29, 1.82) is 0 Å². The number of ketones is 1. The Hall–Kier alpha value is -1.11. The normalized spacial score (nSPS) is 23.2. The van der Waals surface area contributed by atoms with Gasteiger partial charge in [0, 0.05) is 5.56 Å². The molecule has 0 N–H and O–H groups in total. The zero-order chi connectivity index (χ0) is 14.6. The molecule has 0 spiro atoms. The highest BCUT2D eigenvalue weighted by Gasteiger charge is 2.48. The van der Waals surface area contributed by atoms with Crippen LogP contribution in [0.5, 0.6) is 0 Å². The van der Waals surface area contributed by atoms with Crippen LogP contribution in [0.25, 0.3) is 0 Å². The van der Waals surface area contributed by atoms with Crippen LogP contribution in [0, 0.1) is 5.92 Å². The Morgan fingerprint density at radius 2 is 1.58 bits per heavy atom. The molecule has 1 aromatic carbocycles. The molecule has 0 unspecified atom stereocenters. The van der Waals surface area contributed by atoms with E-state index in [-0.39, 0.29) is 16.6 Å². The number of hydrogen-bond acceptors (Lipinski definition) is 1. The zero-order valence-corrected chi connectivity index (χ0v) is 13.3. The van der Waals surface area contributed by atoms with E-state index in [1.807, 2.05) is 0 Å². The Bertz CT molecular complexity index is 535. The lowest BCUT2D eigenvalue weighted by Crippen LogP contribution is -2.30. The minimum absolute atomic E-state index is 0.134. The van der Waals surface area contributed by atoms with Crippen molar-refractivity contribution in [3.05, 3.63) is 34.4 Å². The molecule has 0 saturated carbocycles. The van der Waals surface area contributed by atoms with E-state index in [2.05, 4.69) is 53.7 Å². The van der Waals surface area contributed by atoms with Gasteiger partial charge in [0.2, 0.25) is 0 Å². The predicted octanol–water partition coefficient (Wildman–Crippen LogP) is 4.66. The van der Waals surface area contributed by atoms with Gasteiger partial charge in [0.1, 0.15) is 0 Å². The standard InChI is InChI=1S/C18H26O/c1-8-13-9-15-16(10-14(13)11(2)19)18(6,7)12(3)17(15,4)5/h9-10,12H,8H2,1-7H3/t12-/m0/s1. The van der Waals surface area contributed by atoms with Crippen molar-refractivity contribution in [2.24, 2.45) is 5.92 Å². The highest BCUT2D eigenvalue weighted by Crippen LogP contribution is 2.54. The second kappa shape index (κ2) is 4.19. The third-order valence-corrected chi connectivity index (χ3v) is 5.56. The molecule has 0 aromatic heterocycles. The van der Waals surface area contributed by atoms with Gasteiger partial charge in [0.05, 0.1) is 0 Å². The molecule has 0 heterocycles. The summed E-state index contributed by atoms with van der Waals surface area (Å²) in [6.07, 6.45) is 0.924. The van der Waals surface area contributed by atoms with Crippen molar-refractivity contribution >= 4 is 5.78 Å². The molecule has 1 aliphatic carbocycles. The average molecular weight is 258 g/mol. The number of rotatable bonds is 2. The van der Waals surface area contributed by atoms with E-state index in [4.69, 9.17) is 0 Å². The summed E-state index contributed by atoms with van der Waals surface area (Å²) in [6, 6.07) is 4.46. The second-order valence-electron chi connectivity index (χ2n) is 7.13. The maximum atomic E-state index is 11.9. The Labute approximate surface area is 117 Å². The van der Waals surface area contributed by atoms with E-state index in [9.17, 15) is 4.79 Å². The number of fused-ring (bicyclic) bond motifs is 1. The van der Waals surface area contributed by atoms with Crippen LogP contribution in [0.1, 0.15) is 75.5 Å². The van der Waals surface area contributed by atoms with Crippen molar-refractivity contribution in [1.82, 2.24) is 0 Å². The monoisotopic (exact) mass is 258 g/mol. The molecule has 0 aliphatic heterocycles. The largest absolute Gasteiger partial charge is 0.295 e. The summed E-state index contributed by atoms with van der Waals surface area (Å²) in [7, 11) is 0. The number of benzene rings is 1. The second-order valence-corrected chi connectivity index (χ2v) is 7.13. The number of Topliss-reactive ketones (excluding diaryl/α,β-unsaturated/α-hetero) is 1. The number of hydrogen-bond donors (Lipinski definition) is 0. The quantitative estimate of drug-likeness (QED) is 0.705. The number of carbonyl (C=O) groups excluding carboxylic acids is 1. The van der Waals surface area contributed by atoms with Gasteiger partial charge in [-0.25, -0.2) is 0 Å². The summed E-state index contributed by atoms with van der Waals surface area (Å²) in [5.41, 5.74) is 5.23. The molecule has 1 aliphatic rings. The molecular weight excluding hydrogens is 232 g/mol. The predicted molar refractivity (Wildman–Crippen MR) is 81.0 cm³/mol.